The minimum atomic E-state index is 0.546. The molecule has 0 spiro atoms. The van der Waals surface area contributed by atoms with Gasteiger partial charge in [0.25, 0.3) is 0 Å². The maximum Gasteiger partial charge on any atom is 0.188 e. The molecular formula is C28H24N8S. The second-order valence-corrected chi connectivity index (χ2v) is 9.72. The molecule has 6 aromatic rings. The lowest BCUT2D eigenvalue weighted by Gasteiger charge is -2.09. The molecule has 6 rings (SSSR count). The van der Waals surface area contributed by atoms with E-state index in [1.165, 1.54) is 0 Å². The fourth-order valence-electron chi connectivity index (χ4n) is 4.09. The van der Waals surface area contributed by atoms with Crippen molar-refractivity contribution in [3.8, 4) is 17.1 Å². The molecule has 182 valence electrons. The fraction of sp³-hybridized carbons (Fsp3) is 0.0357. The predicted molar refractivity (Wildman–Crippen MR) is 151 cm³/mol. The van der Waals surface area contributed by atoms with Gasteiger partial charge in [-0.1, -0.05) is 43.0 Å². The van der Waals surface area contributed by atoms with Crippen LogP contribution in [0.25, 0.3) is 28.4 Å². The Kier molecular flexibility index (Phi) is 5.66. The van der Waals surface area contributed by atoms with Crippen LogP contribution in [0.4, 0.5) is 22.3 Å². The van der Waals surface area contributed by atoms with Crippen LogP contribution in [-0.4, -0.2) is 24.1 Å². The second kappa shape index (κ2) is 9.29. The summed E-state index contributed by atoms with van der Waals surface area (Å²) in [6, 6.07) is 23.8. The summed E-state index contributed by atoms with van der Waals surface area (Å²) in [7, 11) is 0. The van der Waals surface area contributed by atoms with E-state index in [1.54, 1.807) is 22.2 Å². The number of nitrogens with zero attached hydrogens (tertiary/aromatic N) is 5. The lowest BCUT2D eigenvalue weighted by molar-refractivity contribution is 0.885. The van der Waals surface area contributed by atoms with E-state index < -0.39 is 0 Å². The molecule has 0 bridgehead atoms. The Hall–Kier alpha value is -4.89. The number of nitrogens with two attached hydrogens (primary N) is 1. The number of thiazole rings is 1. The molecule has 9 heteroatoms. The number of nitrogen functional groups attached to an aromatic ring is 1. The summed E-state index contributed by atoms with van der Waals surface area (Å²) in [5.41, 5.74) is 13.0. The van der Waals surface area contributed by atoms with E-state index in [-0.39, 0.29) is 0 Å². The van der Waals surface area contributed by atoms with Gasteiger partial charge in [-0.2, -0.15) is 0 Å². The summed E-state index contributed by atoms with van der Waals surface area (Å²) in [5, 5.41) is 12.0. The van der Waals surface area contributed by atoms with Gasteiger partial charge in [-0.05, 0) is 48.9 Å². The molecule has 8 nitrogen and oxygen atoms in total. The number of para-hydroxylation sites is 1. The number of benzene rings is 2. The molecule has 0 fully saturated rings. The number of pyridine rings is 1. The highest BCUT2D eigenvalue weighted by Gasteiger charge is 2.14. The van der Waals surface area contributed by atoms with Crippen molar-refractivity contribution in [1.82, 2.24) is 24.1 Å². The molecule has 4 heterocycles. The van der Waals surface area contributed by atoms with Crippen molar-refractivity contribution in [3.05, 3.63) is 108 Å². The zero-order chi connectivity index (χ0) is 25.4. The first kappa shape index (κ1) is 22.6. The summed E-state index contributed by atoms with van der Waals surface area (Å²) >= 11 is 1.61. The molecule has 0 saturated heterocycles. The summed E-state index contributed by atoms with van der Waals surface area (Å²) in [5.74, 6) is 0.564. The molecule has 4 N–H and O–H groups in total. The van der Waals surface area contributed by atoms with E-state index in [0.29, 0.717) is 17.2 Å². The normalized spacial score (nSPS) is 11.1. The zero-order valence-electron chi connectivity index (χ0n) is 20.1. The molecule has 0 saturated carbocycles. The third-order valence-electron chi connectivity index (χ3n) is 5.97. The number of hydrogen-bond acceptors (Lipinski definition) is 7. The van der Waals surface area contributed by atoms with Crippen molar-refractivity contribution < 1.29 is 0 Å². The molecule has 0 amide bonds. The highest BCUT2D eigenvalue weighted by molar-refractivity contribution is 7.16. The van der Waals surface area contributed by atoms with E-state index in [1.807, 2.05) is 85.2 Å². The number of imidazole rings is 1. The third kappa shape index (κ3) is 4.43. The quantitative estimate of drug-likeness (QED) is 0.234. The van der Waals surface area contributed by atoms with Gasteiger partial charge >= 0.3 is 0 Å². The first-order valence-corrected chi connectivity index (χ1v) is 12.5. The number of aromatic nitrogens is 5. The molecule has 4 aromatic heterocycles. The van der Waals surface area contributed by atoms with Gasteiger partial charge in [0.2, 0.25) is 0 Å². The highest BCUT2D eigenvalue weighted by Crippen LogP contribution is 2.32. The van der Waals surface area contributed by atoms with Crippen LogP contribution < -0.4 is 16.4 Å². The molecule has 0 aliphatic rings. The smallest absolute Gasteiger partial charge is 0.188 e. The Morgan fingerprint density at radius 1 is 1.00 bits per heavy atom. The molecule has 0 unspecified atom stereocenters. The van der Waals surface area contributed by atoms with Crippen LogP contribution in [0, 0.1) is 6.92 Å². The van der Waals surface area contributed by atoms with Crippen molar-refractivity contribution in [3.63, 3.8) is 0 Å². The van der Waals surface area contributed by atoms with Crippen molar-refractivity contribution in [2.75, 3.05) is 16.4 Å². The van der Waals surface area contributed by atoms with Gasteiger partial charge in [0.1, 0.15) is 11.3 Å². The van der Waals surface area contributed by atoms with Crippen LogP contribution in [0.3, 0.4) is 0 Å². The van der Waals surface area contributed by atoms with Crippen molar-refractivity contribution in [2.45, 2.75) is 6.92 Å². The fourth-order valence-corrected chi connectivity index (χ4v) is 4.93. The average molecular weight is 505 g/mol. The summed E-state index contributed by atoms with van der Waals surface area (Å²) in [6.07, 6.45) is 5.65. The van der Waals surface area contributed by atoms with E-state index in [4.69, 9.17) is 10.7 Å². The summed E-state index contributed by atoms with van der Waals surface area (Å²) in [6.45, 7) is 6.24. The van der Waals surface area contributed by atoms with Crippen molar-refractivity contribution in [1.29, 1.82) is 0 Å². The Morgan fingerprint density at radius 3 is 2.59 bits per heavy atom. The van der Waals surface area contributed by atoms with Crippen molar-refractivity contribution in [2.24, 2.45) is 0 Å². The van der Waals surface area contributed by atoms with Crippen LogP contribution in [0.5, 0.6) is 0 Å². The first-order valence-electron chi connectivity index (χ1n) is 11.7. The van der Waals surface area contributed by atoms with E-state index in [9.17, 15) is 0 Å². The number of fused-ring (bicyclic) bond motifs is 1. The summed E-state index contributed by atoms with van der Waals surface area (Å²) in [4.78, 5) is 10.4. The standard InChI is InChI=1S/C28H24N8S/c1-18(31-27-23(29)17-36(34-27)22-8-4-3-5-9-22)20-11-13-21(14-12-20)32-28-33-26(19(2)37-28)24-16-30-25-10-6-7-15-35(24)25/h3-17H,1,29H2,2H3,(H,31,34)(H,32,33). The monoisotopic (exact) mass is 504 g/mol. The van der Waals surface area contributed by atoms with Gasteiger partial charge in [0, 0.05) is 22.5 Å². The molecule has 0 aliphatic carbocycles. The van der Waals surface area contributed by atoms with Crippen molar-refractivity contribution >= 4 is 45.0 Å². The molecule has 2 aromatic carbocycles. The van der Waals surface area contributed by atoms with Gasteiger partial charge in [-0.15, -0.1) is 16.4 Å². The maximum atomic E-state index is 6.19. The lowest BCUT2D eigenvalue weighted by Crippen LogP contribution is -2.01. The van der Waals surface area contributed by atoms with Crippen LogP contribution >= 0.6 is 11.3 Å². The number of rotatable bonds is 7. The maximum absolute atomic E-state index is 6.19. The Bertz CT molecular complexity index is 1710. The zero-order valence-corrected chi connectivity index (χ0v) is 20.9. The molecule has 0 aliphatic heterocycles. The number of anilines is 4. The highest BCUT2D eigenvalue weighted by atomic mass is 32.1. The van der Waals surface area contributed by atoms with Crippen LogP contribution in [0.15, 0.2) is 98.0 Å². The van der Waals surface area contributed by atoms with E-state index >= 15 is 0 Å². The minimum absolute atomic E-state index is 0.546. The van der Waals surface area contributed by atoms with E-state index in [2.05, 4.69) is 38.6 Å². The van der Waals surface area contributed by atoms with Gasteiger partial charge in [-0.3, -0.25) is 4.40 Å². The van der Waals surface area contributed by atoms with Gasteiger partial charge < -0.3 is 16.4 Å². The number of nitrogens with one attached hydrogen (secondary N) is 2. The predicted octanol–water partition coefficient (Wildman–Crippen LogP) is 6.36. The van der Waals surface area contributed by atoms with Gasteiger partial charge in [0.05, 0.1) is 29.5 Å². The summed E-state index contributed by atoms with van der Waals surface area (Å²) < 4.78 is 3.80. The number of aryl methyl sites for hydroxylation is 1. The third-order valence-corrected chi connectivity index (χ3v) is 6.86. The topological polar surface area (TPSA) is 98.1 Å². The SMILES string of the molecule is C=C(Nc1nn(-c2ccccc2)cc1N)c1ccc(Nc2nc(-c3cnc4ccccn34)c(C)s2)cc1. The lowest BCUT2D eigenvalue weighted by atomic mass is 10.1. The largest absolute Gasteiger partial charge is 0.394 e. The second-order valence-electron chi connectivity index (χ2n) is 8.52. The Balaban J connectivity index is 1.16. The molecule has 0 radical (unpaired) electrons. The number of hydrogen-bond donors (Lipinski definition) is 3. The molecular weight excluding hydrogens is 480 g/mol. The Labute approximate surface area is 217 Å². The Morgan fingerprint density at radius 2 is 1.78 bits per heavy atom. The van der Waals surface area contributed by atoms with Crippen LogP contribution in [-0.2, 0) is 0 Å². The van der Waals surface area contributed by atoms with E-state index in [0.717, 1.165) is 44.0 Å². The molecule has 37 heavy (non-hydrogen) atoms. The average Bonchev–Trinajstić information content (AvgIpc) is 3.61. The first-order chi connectivity index (χ1) is 18.0. The minimum Gasteiger partial charge on any atom is -0.394 e. The van der Waals surface area contributed by atoms with Gasteiger partial charge in [0.15, 0.2) is 10.9 Å². The van der Waals surface area contributed by atoms with Gasteiger partial charge in [-0.25, -0.2) is 14.6 Å². The molecule has 0 atom stereocenters. The van der Waals surface area contributed by atoms with Crippen LogP contribution in [0.1, 0.15) is 10.4 Å². The van der Waals surface area contributed by atoms with Crippen LogP contribution in [0.2, 0.25) is 0 Å².